The molecule has 17 heavy (non-hydrogen) atoms. The van der Waals surface area contributed by atoms with Crippen molar-refractivity contribution in [2.45, 2.75) is 32.7 Å². The molecule has 0 saturated heterocycles. The van der Waals surface area contributed by atoms with Gasteiger partial charge >= 0.3 is 5.97 Å². The van der Waals surface area contributed by atoms with Gasteiger partial charge in [0.25, 0.3) is 0 Å². The monoisotopic (exact) mass is 233 g/mol. The predicted octanol–water partition coefficient (Wildman–Crippen LogP) is 1.73. The molecular weight excluding hydrogens is 218 g/mol. The van der Waals surface area contributed by atoms with E-state index in [0.717, 1.165) is 0 Å². The number of aromatic nitrogens is 2. The number of carbonyl (C=O) groups is 1. The fourth-order valence-electron chi connectivity index (χ4n) is 1.22. The predicted molar refractivity (Wildman–Crippen MR) is 65.0 cm³/mol. The molecule has 0 amide bonds. The minimum absolute atomic E-state index is 0.0502. The van der Waals surface area contributed by atoms with E-state index in [1.54, 1.807) is 6.92 Å². The van der Waals surface area contributed by atoms with Crippen LogP contribution in [0.2, 0.25) is 0 Å². The van der Waals surface area contributed by atoms with Gasteiger partial charge in [-0.1, -0.05) is 19.8 Å². The Hall–Kier alpha value is -2.09. The van der Waals surface area contributed by atoms with Crippen molar-refractivity contribution < 1.29 is 9.90 Å². The summed E-state index contributed by atoms with van der Waals surface area (Å²) in [5, 5.41) is 11.9. The summed E-state index contributed by atoms with van der Waals surface area (Å²) in [5.74, 6) is 1.94. The summed E-state index contributed by atoms with van der Waals surface area (Å²) in [6, 6.07) is -0.276. The maximum atomic E-state index is 11.1. The van der Waals surface area contributed by atoms with Crippen molar-refractivity contribution in [3.8, 4) is 12.3 Å². The van der Waals surface area contributed by atoms with E-state index in [1.807, 2.05) is 13.8 Å². The molecule has 0 aliphatic heterocycles. The molecule has 5 nitrogen and oxygen atoms in total. The Morgan fingerprint density at radius 1 is 1.53 bits per heavy atom. The maximum absolute atomic E-state index is 11.1. The molecule has 1 unspecified atom stereocenters. The molecule has 0 bridgehead atoms. The molecule has 1 atom stereocenters. The molecule has 2 N–H and O–H groups in total. The van der Waals surface area contributed by atoms with Gasteiger partial charge in [0.2, 0.25) is 0 Å². The topological polar surface area (TPSA) is 75.1 Å². The van der Waals surface area contributed by atoms with Gasteiger partial charge in [-0.05, 0) is 6.92 Å². The van der Waals surface area contributed by atoms with Crippen LogP contribution >= 0.6 is 0 Å². The first kappa shape index (κ1) is 13.0. The van der Waals surface area contributed by atoms with Gasteiger partial charge < -0.3 is 10.4 Å². The van der Waals surface area contributed by atoms with Gasteiger partial charge in [0.15, 0.2) is 5.69 Å². The third-order valence-electron chi connectivity index (χ3n) is 2.15. The smallest absolute Gasteiger partial charge is 0.356 e. The van der Waals surface area contributed by atoms with Crippen molar-refractivity contribution >= 4 is 11.7 Å². The second-order valence-corrected chi connectivity index (χ2v) is 3.98. The Morgan fingerprint density at radius 3 is 2.65 bits per heavy atom. The van der Waals surface area contributed by atoms with E-state index in [4.69, 9.17) is 11.5 Å². The van der Waals surface area contributed by atoms with Gasteiger partial charge in [-0.2, -0.15) is 0 Å². The fraction of sp³-hybridized carbons (Fsp3) is 0.417. The Morgan fingerprint density at radius 2 is 2.18 bits per heavy atom. The average molecular weight is 233 g/mol. The van der Waals surface area contributed by atoms with Gasteiger partial charge in [-0.25, -0.2) is 14.8 Å². The Labute approximate surface area is 100 Å². The average Bonchev–Trinajstić information content (AvgIpc) is 2.28. The van der Waals surface area contributed by atoms with Crippen LogP contribution < -0.4 is 5.32 Å². The number of hydrogen-bond acceptors (Lipinski definition) is 4. The summed E-state index contributed by atoms with van der Waals surface area (Å²) < 4.78 is 0. The van der Waals surface area contributed by atoms with Crippen LogP contribution in [0, 0.1) is 12.3 Å². The van der Waals surface area contributed by atoms with Gasteiger partial charge in [0.1, 0.15) is 5.82 Å². The van der Waals surface area contributed by atoms with Crippen molar-refractivity contribution in [1.82, 2.24) is 9.97 Å². The number of hydrogen-bond donors (Lipinski definition) is 2. The molecule has 1 rings (SSSR count). The lowest BCUT2D eigenvalue weighted by molar-refractivity contribution is 0.0691. The normalized spacial score (nSPS) is 11.9. The quantitative estimate of drug-likeness (QED) is 0.775. The zero-order chi connectivity index (χ0) is 13.0. The number of rotatable bonds is 4. The van der Waals surface area contributed by atoms with Crippen LogP contribution in [0.5, 0.6) is 0 Å². The molecule has 0 radical (unpaired) electrons. The Balaban J connectivity index is 3.14. The highest BCUT2D eigenvalue weighted by molar-refractivity contribution is 5.91. The summed E-state index contributed by atoms with van der Waals surface area (Å²) in [6.07, 6.45) is 6.68. The van der Waals surface area contributed by atoms with E-state index < -0.39 is 5.97 Å². The van der Waals surface area contributed by atoms with Crippen molar-refractivity contribution in [2.24, 2.45) is 0 Å². The third kappa shape index (κ3) is 3.18. The number of terminal acetylenes is 1. The highest BCUT2D eigenvalue weighted by Gasteiger charge is 2.16. The maximum Gasteiger partial charge on any atom is 0.356 e. The zero-order valence-corrected chi connectivity index (χ0v) is 10.1. The van der Waals surface area contributed by atoms with Crippen molar-refractivity contribution in [3.63, 3.8) is 0 Å². The second kappa shape index (κ2) is 5.30. The van der Waals surface area contributed by atoms with E-state index in [1.165, 1.54) is 6.20 Å². The van der Waals surface area contributed by atoms with Crippen molar-refractivity contribution in [1.29, 1.82) is 0 Å². The van der Waals surface area contributed by atoms with E-state index in [2.05, 4.69) is 21.2 Å². The summed E-state index contributed by atoms with van der Waals surface area (Å²) >= 11 is 0. The lowest BCUT2D eigenvalue weighted by Gasteiger charge is -2.12. The number of aromatic carboxylic acids is 1. The fourth-order valence-corrected chi connectivity index (χ4v) is 1.22. The van der Waals surface area contributed by atoms with Crippen molar-refractivity contribution in [3.05, 3.63) is 17.7 Å². The summed E-state index contributed by atoms with van der Waals surface area (Å²) in [4.78, 5) is 19.2. The Kier molecular flexibility index (Phi) is 4.05. The number of anilines is 1. The summed E-state index contributed by atoms with van der Waals surface area (Å²) in [5.41, 5.74) is 0.290. The molecular formula is C12H15N3O2. The zero-order valence-electron chi connectivity index (χ0n) is 10.1. The standard InChI is InChI=1S/C12H15N3O2/c1-5-8(4)14-9-6-13-11(7(2)3)15-10(9)12(16)17/h1,6-8,14H,2-4H3,(H,16,17). The molecule has 1 heterocycles. The lowest BCUT2D eigenvalue weighted by Crippen LogP contribution is -2.17. The number of carboxylic acids is 1. The van der Waals surface area contributed by atoms with E-state index >= 15 is 0 Å². The van der Waals surface area contributed by atoms with E-state index in [-0.39, 0.29) is 17.7 Å². The number of nitrogens with one attached hydrogen (secondary N) is 1. The second-order valence-electron chi connectivity index (χ2n) is 3.98. The highest BCUT2D eigenvalue weighted by atomic mass is 16.4. The van der Waals surface area contributed by atoms with Crippen LogP contribution in [0.1, 0.15) is 43.0 Å². The third-order valence-corrected chi connectivity index (χ3v) is 2.15. The number of carboxylic acid groups (broad SMARTS) is 1. The van der Waals surface area contributed by atoms with Gasteiger partial charge in [-0.3, -0.25) is 0 Å². The SMILES string of the molecule is C#CC(C)Nc1cnc(C(C)C)nc1C(=O)O. The molecule has 0 aromatic carbocycles. The van der Waals surface area contributed by atoms with Crippen LogP contribution in [0.4, 0.5) is 5.69 Å². The largest absolute Gasteiger partial charge is 0.476 e. The summed E-state index contributed by atoms with van der Waals surface area (Å²) in [7, 11) is 0. The van der Waals surface area contributed by atoms with Gasteiger partial charge in [0.05, 0.1) is 17.9 Å². The first-order valence-corrected chi connectivity index (χ1v) is 5.28. The van der Waals surface area contributed by atoms with Crippen LogP contribution in [-0.2, 0) is 0 Å². The van der Waals surface area contributed by atoms with Gasteiger partial charge in [0, 0.05) is 5.92 Å². The lowest BCUT2D eigenvalue weighted by atomic mass is 10.2. The Bertz CT molecular complexity index is 463. The first-order valence-electron chi connectivity index (χ1n) is 5.28. The minimum Gasteiger partial charge on any atom is -0.476 e. The minimum atomic E-state index is -1.10. The molecule has 5 heteroatoms. The molecule has 1 aromatic heterocycles. The molecule has 90 valence electrons. The number of nitrogens with zero attached hydrogens (tertiary/aromatic N) is 2. The van der Waals surface area contributed by atoms with Gasteiger partial charge in [-0.15, -0.1) is 6.42 Å². The molecule has 0 fully saturated rings. The van der Waals surface area contributed by atoms with Crippen molar-refractivity contribution in [2.75, 3.05) is 5.32 Å². The molecule has 0 spiro atoms. The highest BCUT2D eigenvalue weighted by Crippen LogP contribution is 2.17. The molecule has 0 saturated carbocycles. The van der Waals surface area contributed by atoms with Crippen LogP contribution in [0.25, 0.3) is 0 Å². The van der Waals surface area contributed by atoms with E-state index in [0.29, 0.717) is 11.5 Å². The van der Waals surface area contributed by atoms with E-state index in [9.17, 15) is 4.79 Å². The molecule has 0 aliphatic carbocycles. The molecule has 0 aliphatic rings. The van der Waals surface area contributed by atoms with Crippen LogP contribution in [0.3, 0.4) is 0 Å². The summed E-state index contributed by atoms with van der Waals surface area (Å²) in [6.45, 7) is 5.55. The molecule has 1 aromatic rings. The first-order chi connectivity index (χ1) is 7.95. The van der Waals surface area contributed by atoms with Crippen LogP contribution in [0.15, 0.2) is 6.20 Å². The van der Waals surface area contributed by atoms with Crippen LogP contribution in [-0.4, -0.2) is 27.1 Å².